The maximum atomic E-state index is 10.2. The number of amides is 1. The topological polar surface area (TPSA) is 41.6 Å². The predicted octanol–water partition coefficient (Wildman–Crippen LogP) is 0.144. The van der Waals surface area contributed by atoms with Crippen LogP contribution in [0.3, 0.4) is 0 Å². The van der Waals surface area contributed by atoms with Crippen LogP contribution in [-0.2, 0) is 9.53 Å². The van der Waals surface area contributed by atoms with E-state index in [-0.39, 0.29) is 5.54 Å². The van der Waals surface area contributed by atoms with Gasteiger partial charge < -0.3 is 10.1 Å². The Morgan fingerprint density at radius 2 is 2.07 bits per heavy atom. The number of ether oxygens (including phenoxy) is 1. The zero-order chi connectivity index (χ0) is 10.4. The Bertz CT molecular complexity index is 177. The molecule has 0 aromatic heterocycles. The third-order valence-corrected chi connectivity index (χ3v) is 2.55. The minimum atomic E-state index is -0.153. The number of nitrogens with zero attached hydrogens (tertiary/aromatic N) is 1. The molecular formula is C10H19N2O2. The zero-order valence-corrected chi connectivity index (χ0v) is 9.01. The van der Waals surface area contributed by atoms with Crippen LogP contribution in [0.1, 0.15) is 20.3 Å². The summed E-state index contributed by atoms with van der Waals surface area (Å²) in [4.78, 5) is 12.6. The van der Waals surface area contributed by atoms with Gasteiger partial charge in [0.05, 0.1) is 13.2 Å². The lowest BCUT2D eigenvalue weighted by Crippen LogP contribution is -2.44. The van der Waals surface area contributed by atoms with Gasteiger partial charge in [-0.05, 0) is 20.3 Å². The smallest absolute Gasteiger partial charge is 0.309 e. The lowest BCUT2D eigenvalue weighted by Gasteiger charge is -2.30. The molecule has 0 atom stereocenters. The van der Waals surface area contributed by atoms with Crippen LogP contribution < -0.4 is 5.32 Å². The van der Waals surface area contributed by atoms with E-state index < -0.39 is 0 Å². The van der Waals surface area contributed by atoms with Crippen LogP contribution >= 0.6 is 0 Å². The van der Waals surface area contributed by atoms with Crippen molar-refractivity contribution in [3.05, 3.63) is 0 Å². The second kappa shape index (κ2) is 5.32. The summed E-state index contributed by atoms with van der Waals surface area (Å²) >= 11 is 0. The van der Waals surface area contributed by atoms with Crippen molar-refractivity contribution >= 4 is 6.41 Å². The molecule has 4 heteroatoms. The molecule has 0 saturated carbocycles. The molecule has 1 heterocycles. The standard InChI is InChI=1S/C10H19N2O2/c1-10(2,11-9-13)3-4-12-5-7-14-8-6-12/h3-8H2,1-2H3,(H,11,13). The van der Waals surface area contributed by atoms with E-state index in [1.54, 1.807) is 6.41 Å². The van der Waals surface area contributed by atoms with Gasteiger partial charge in [0.25, 0.3) is 0 Å². The predicted molar refractivity (Wildman–Crippen MR) is 54.8 cm³/mol. The number of hydrogen-bond donors (Lipinski definition) is 1. The molecule has 0 aromatic carbocycles. The summed E-state index contributed by atoms with van der Waals surface area (Å²) in [5, 5.41) is 2.70. The first-order valence-electron chi connectivity index (χ1n) is 5.08. The van der Waals surface area contributed by atoms with Crippen molar-refractivity contribution < 1.29 is 9.53 Å². The molecule has 1 aliphatic rings. The van der Waals surface area contributed by atoms with Crippen LogP contribution in [0.15, 0.2) is 0 Å². The maximum absolute atomic E-state index is 10.2. The number of nitrogens with one attached hydrogen (secondary N) is 1. The molecule has 1 amide bonds. The van der Waals surface area contributed by atoms with Gasteiger partial charge >= 0.3 is 6.41 Å². The van der Waals surface area contributed by atoms with Gasteiger partial charge in [-0.1, -0.05) is 0 Å². The van der Waals surface area contributed by atoms with Gasteiger partial charge in [-0.15, -0.1) is 0 Å². The second-order valence-electron chi connectivity index (χ2n) is 4.31. The van der Waals surface area contributed by atoms with Gasteiger partial charge in [0, 0.05) is 25.2 Å². The number of morpholine rings is 1. The number of rotatable bonds is 5. The van der Waals surface area contributed by atoms with Gasteiger partial charge in [0.15, 0.2) is 0 Å². The first kappa shape index (κ1) is 11.5. The molecule has 1 fully saturated rings. The Hall–Kier alpha value is -0.610. The highest BCUT2D eigenvalue weighted by molar-refractivity contribution is 5.48. The summed E-state index contributed by atoms with van der Waals surface area (Å²) in [7, 11) is 0. The lowest BCUT2D eigenvalue weighted by molar-refractivity contribution is 0.0348. The van der Waals surface area contributed by atoms with E-state index in [1.807, 2.05) is 13.8 Å². The molecule has 1 rings (SSSR count). The minimum absolute atomic E-state index is 0.153. The summed E-state index contributed by atoms with van der Waals surface area (Å²) in [6, 6.07) is 0. The third-order valence-electron chi connectivity index (χ3n) is 2.55. The SMILES string of the molecule is CC(C)(CCN1CCOCC1)N[C]=O. The van der Waals surface area contributed by atoms with E-state index >= 15 is 0 Å². The average Bonchev–Trinajstić information content (AvgIpc) is 2.17. The van der Waals surface area contributed by atoms with Crippen LogP contribution in [0, 0.1) is 0 Å². The Labute approximate surface area is 85.6 Å². The van der Waals surface area contributed by atoms with E-state index in [0.29, 0.717) is 0 Å². The van der Waals surface area contributed by atoms with E-state index in [9.17, 15) is 4.79 Å². The lowest BCUT2D eigenvalue weighted by atomic mass is 10.0. The summed E-state index contributed by atoms with van der Waals surface area (Å²) < 4.78 is 5.26. The van der Waals surface area contributed by atoms with E-state index in [0.717, 1.165) is 39.3 Å². The van der Waals surface area contributed by atoms with Crippen molar-refractivity contribution in [2.24, 2.45) is 0 Å². The largest absolute Gasteiger partial charge is 0.379 e. The minimum Gasteiger partial charge on any atom is -0.379 e. The Kier molecular flexibility index (Phi) is 4.35. The van der Waals surface area contributed by atoms with Gasteiger partial charge in [-0.2, -0.15) is 0 Å². The Balaban J connectivity index is 2.20. The van der Waals surface area contributed by atoms with Gasteiger partial charge in [0.2, 0.25) is 0 Å². The van der Waals surface area contributed by atoms with Crippen LogP contribution in [0.2, 0.25) is 0 Å². The van der Waals surface area contributed by atoms with Gasteiger partial charge in [-0.3, -0.25) is 9.69 Å². The fourth-order valence-electron chi connectivity index (χ4n) is 1.46. The molecule has 1 saturated heterocycles. The summed E-state index contributed by atoms with van der Waals surface area (Å²) in [6.45, 7) is 8.69. The van der Waals surface area contributed by atoms with E-state index in [4.69, 9.17) is 4.74 Å². The molecule has 1 aliphatic heterocycles. The fraction of sp³-hybridized carbons (Fsp3) is 0.900. The first-order valence-corrected chi connectivity index (χ1v) is 5.08. The van der Waals surface area contributed by atoms with Gasteiger partial charge in [0.1, 0.15) is 0 Å². The fourth-order valence-corrected chi connectivity index (χ4v) is 1.46. The van der Waals surface area contributed by atoms with Crippen LogP contribution in [0.5, 0.6) is 0 Å². The number of carbonyl (C=O) groups excluding carboxylic acids is 1. The maximum Gasteiger partial charge on any atom is 0.309 e. The molecule has 0 bridgehead atoms. The molecule has 0 aromatic rings. The third kappa shape index (κ3) is 4.07. The van der Waals surface area contributed by atoms with Crippen molar-refractivity contribution in [1.82, 2.24) is 10.2 Å². The van der Waals surface area contributed by atoms with Crippen molar-refractivity contribution in [2.45, 2.75) is 25.8 Å². The van der Waals surface area contributed by atoms with Crippen molar-refractivity contribution in [3.8, 4) is 0 Å². The monoisotopic (exact) mass is 199 g/mol. The molecule has 1 radical (unpaired) electrons. The highest BCUT2D eigenvalue weighted by Gasteiger charge is 2.19. The number of hydrogen-bond acceptors (Lipinski definition) is 3. The molecule has 81 valence electrons. The van der Waals surface area contributed by atoms with Gasteiger partial charge in [-0.25, -0.2) is 0 Å². The van der Waals surface area contributed by atoms with Crippen molar-refractivity contribution in [3.63, 3.8) is 0 Å². The molecule has 0 unspecified atom stereocenters. The molecule has 0 spiro atoms. The quantitative estimate of drug-likeness (QED) is 0.641. The van der Waals surface area contributed by atoms with E-state index in [2.05, 4.69) is 10.2 Å². The first-order chi connectivity index (χ1) is 6.64. The van der Waals surface area contributed by atoms with Crippen molar-refractivity contribution in [2.75, 3.05) is 32.8 Å². The second-order valence-corrected chi connectivity index (χ2v) is 4.31. The molecule has 0 aliphatic carbocycles. The normalized spacial score (nSPS) is 19.3. The molecular weight excluding hydrogens is 180 g/mol. The van der Waals surface area contributed by atoms with Crippen LogP contribution in [0.4, 0.5) is 0 Å². The summed E-state index contributed by atoms with van der Waals surface area (Å²) in [5.74, 6) is 0. The Morgan fingerprint density at radius 1 is 1.43 bits per heavy atom. The van der Waals surface area contributed by atoms with Crippen LogP contribution in [-0.4, -0.2) is 49.7 Å². The zero-order valence-electron chi connectivity index (χ0n) is 9.01. The summed E-state index contributed by atoms with van der Waals surface area (Å²) in [6.07, 6.45) is 2.70. The van der Waals surface area contributed by atoms with E-state index in [1.165, 1.54) is 0 Å². The Morgan fingerprint density at radius 3 is 2.64 bits per heavy atom. The molecule has 14 heavy (non-hydrogen) atoms. The highest BCUT2D eigenvalue weighted by Crippen LogP contribution is 2.09. The average molecular weight is 199 g/mol. The van der Waals surface area contributed by atoms with Crippen LogP contribution in [0.25, 0.3) is 0 Å². The highest BCUT2D eigenvalue weighted by atomic mass is 16.5. The van der Waals surface area contributed by atoms with Crippen molar-refractivity contribution in [1.29, 1.82) is 0 Å². The molecule has 4 nitrogen and oxygen atoms in total. The molecule has 1 N–H and O–H groups in total. The summed E-state index contributed by atoms with van der Waals surface area (Å²) in [5.41, 5.74) is -0.153.